The van der Waals surface area contributed by atoms with Gasteiger partial charge in [0.25, 0.3) is 0 Å². The molecule has 0 saturated carbocycles. The predicted octanol–water partition coefficient (Wildman–Crippen LogP) is 3.94. The molecule has 18 heavy (non-hydrogen) atoms. The van der Waals surface area contributed by atoms with Crippen molar-refractivity contribution < 1.29 is 9.18 Å². The number of rotatable bonds is 5. The second-order valence-electron chi connectivity index (χ2n) is 4.26. The van der Waals surface area contributed by atoms with E-state index in [9.17, 15) is 9.18 Å². The molecule has 1 nitrogen and oxygen atoms in total. The Morgan fingerprint density at radius 1 is 0.944 bits per heavy atom. The second kappa shape index (κ2) is 6.10. The first-order chi connectivity index (χ1) is 8.81. The number of aldehydes is 1. The molecule has 92 valence electrons. The van der Waals surface area contributed by atoms with Crippen LogP contribution in [0.25, 0.3) is 0 Å². The Hall–Kier alpha value is -1.96. The van der Waals surface area contributed by atoms with Gasteiger partial charge in [-0.25, -0.2) is 4.39 Å². The van der Waals surface area contributed by atoms with Gasteiger partial charge in [-0.1, -0.05) is 42.5 Å². The maximum absolute atomic E-state index is 12.9. The SMILES string of the molecule is O=CCC[C@@H](c1ccccc1)c1ccc(F)cc1. The summed E-state index contributed by atoms with van der Waals surface area (Å²) in [6.45, 7) is 0. The summed E-state index contributed by atoms with van der Waals surface area (Å²) in [5.41, 5.74) is 2.20. The van der Waals surface area contributed by atoms with Crippen molar-refractivity contribution in [3.8, 4) is 0 Å². The number of halogens is 1. The Labute approximate surface area is 106 Å². The number of hydrogen-bond donors (Lipinski definition) is 0. The van der Waals surface area contributed by atoms with Crippen LogP contribution in [0.4, 0.5) is 4.39 Å². The van der Waals surface area contributed by atoms with Crippen molar-refractivity contribution in [2.24, 2.45) is 0 Å². The van der Waals surface area contributed by atoms with Crippen LogP contribution in [0, 0.1) is 5.82 Å². The van der Waals surface area contributed by atoms with Gasteiger partial charge in [0, 0.05) is 12.3 Å². The zero-order valence-electron chi connectivity index (χ0n) is 10.1. The molecule has 0 heterocycles. The van der Waals surface area contributed by atoms with E-state index in [0.29, 0.717) is 6.42 Å². The lowest BCUT2D eigenvalue weighted by molar-refractivity contribution is -0.107. The fraction of sp³-hybridized carbons (Fsp3) is 0.188. The highest BCUT2D eigenvalue weighted by Gasteiger charge is 2.13. The van der Waals surface area contributed by atoms with E-state index in [4.69, 9.17) is 0 Å². The van der Waals surface area contributed by atoms with Crippen molar-refractivity contribution in [1.29, 1.82) is 0 Å². The van der Waals surface area contributed by atoms with Crippen LogP contribution in [0.15, 0.2) is 54.6 Å². The zero-order valence-corrected chi connectivity index (χ0v) is 10.1. The summed E-state index contributed by atoms with van der Waals surface area (Å²) in [7, 11) is 0. The van der Waals surface area contributed by atoms with E-state index in [1.54, 1.807) is 12.1 Å². The monoisotopic (exact) mass is 242 g/mol. The van der Waals surface area contributed by atoms with Gasteiger partial charge in [-0.05, 0) is 29.7 Å². The number of benzene rings is 2. The summed E-state index contributed by atoms with van der Waals surface area (Å²) in [4.78, 5) is 10.6. The Balaban J connectivity index is 2.30. The van der Waals surface area contributed by atoms with Crippen molar-refractivity contribution in [3.63, 3.8) is 0 Å². The van der Waals surface area contributed by atoms with E-state index in [1.807, 2.05) is 30.3 Å². The smallest absolute Gasteiger partial charge is 0.123 e. The largest absolute Gasteiger partial charge is 0.303 e. The third-order valence-corrected chi connectivity index (χ3v) is 3.05. The van der Waals surface area contributed by atoms with Crippen molar-refractivity contribution in [2.45, 2.75) is 18.8 Å². The molecule has 0 fully saturated rings. The van der Waals surface area contributed by atoms with Gasteiger partial charge in [0.05, 0.1) is 0 Å². The van der Waals surface area contributed by atoms with Crippen molar-refractivity contribution in [1.82, 2.24) is 0 Å². The highest BCUT2D eigenvalue weighted by atomic mass is 19.1. The molecule has 0 aromatic heterocycles. The highest BCUT2D eigenvalue weighted by molar-refractivity contribution is 5.50. The third-order valence-electron chi connectivity index (χ3n) is 3.05. The summed E-state index contributed by atoms with van der Waals surface area (Å²) in [5.74, 6) is -0.0852. The normalized spacial score (nSPS) is 12.1. The summed E-state index contributed by atoms with van der Waals surface area (Å²) in [5, 5.41) is 0. The Morgan fingerprint density at radius 2 is 1.56 bits per heavy atom. The van der Waals surface area contributed by atoms with E-state index in [-0.39, 0.29) is 11.7 Å². The summed E-state index contributed by atoms with van der Waals surface area (Å²) < 4.78 is 12.9. The average Bonchev–Trinajstić information content (AvgIpc) is 2.42. The topological polar surface area (TPSA) is 17.1 Å². The highest BCUT2D eigenvalue weighted by Crippen LogP contribution is 2.28. The molecule has 1 atom stereocenters. The molecule has 0 amide bonds. The fourth-order valence-electron chi connectivity index (χ4n) is 2.14. The standard InChI is InChI=1S/C16H15FO/c17-15-10-8-14(9-11-15)16(7-4-12-18)13-5-2-1-3-6-13/h1-3,5-6,8-12,16H,4,7H2/t16-/m0/s1. The minimum absolute atomic E-state index is 0.150. The molecule has 2 aromatic rings. The van der Waals surface area contributed by atoms with Crippen molar-refractivity contribution >= 4 is 6.29 Å². The lowest BCUT2D eigenvalue weighted by Crippen LogP contribution is -2.01. The maximum Gasteiger partial charge on any atom is 0.123 e. The average molecular weight is 242 g/mol. The van der Waals surface area contributed by atoms with Crippen LogP contribution in [-0.4, -0.2) is 6.29 Å². The molecule has 2 rings (SSSR count). The van der Waals surface area contributed by atoms with E-state index >= 15 is 0 Å². The first kappa shape index (κ1) is 12.5. The molecule has 0 aliphatic rings. The van der Waals surface area contributed by atoms with Crippen LogP contribution < -0.4 is 0 Å². The molecule has 0 aliphatic carbocycles. The molecule has 0 aliphatic heterocycles. The first-order valence-electron chi connectivity index (χ1n) is 6.05. The van der Waals surface area contributed by atoms with Crippen LogP contribution in [0.3, 0.4) is 0 Å². The van der Waals surface area contributed by atoms with Gasteiger partial charge in [0.1, 0.15) is 12.1 Å². The molecule has 0 bridgehead atoms. The van der Waals surface area contributed by atoms with Gasteiger partial charge in [-0.2, -0.15) is 0 Å². The molecule has 0 saturated heterocycles. The molecule has 0 N–H and O–H groups in total. The molecule has 2 heteroatoms. The second-order valence-corrected chi connectivity index (χ2v) is 4.26. The summed E-state index contributed by atoms with van der Waals surface area (Å²) in [6.07, 6.45) is 2.19. The van der Waals surface area contributed by atoms with E-state index in [0.717, 1.165) is 23.8 Å². The number of carbonyl (C=O) groups is 1. The van der Waals surface area contributed by atoms with Gasteiger partial charge in [0.2, 0.25) is 0 Å². The maximum atomic E-state index is 12.9. The fourth-order valence-corrected chi connectivity index (χ4v) is 2.14. The minimum atomic E-state index is -0.235. The Morgan fingerprint density at radius 3 is 2.17 bits per heavy atom. The molecule has 0 radical (unpaired) electrons. The quantitative estimate of drug-likeness (QED) is 0.726. The predicted molar refractivity (Wildman–Crippen MR) is 70.0 cm³/mol. The molecule has 0 unspecified atom stereocenters. The Kier molecular flexibility index (Phi) is 4.24. The van der Waals surface area contributed by atoms with Gasteiger partial charge < -0.3 is 4.79 Å². The zero-order chi connectivity index (χ0) is 12.8. The first-order valence-corrected chi connectivity index (χ1v) is 6.05. The van der Waals surface area contributed by atoms with Crippen LogP contribution in [0.1, 0.15) is 29.9 Å². The number of hydrogen-bond acceptors (Lipinski definition) is 1. The molecule has 0 spiro atoms. The molecular formula is C16H15FO. The van der Waals surface area contributed by atoms with Crippen molar-refractivity contribution in [3.05, 3.63) is 71.5 Å². The molecular weight excluding hydrogens is 227 g/mol. The summed E-state index contributed by atoms with van der Waals surface area (Å²) >= 11 is 0. The lowest BCUT2D eigenvalue weighted by atomic mass is 9.88. The lowest BCUT2D eigenvalue weighted by Gasteiger charge is -2.16. The van der Waals surface area contributed by atoms with Gasteiger partial charge >= 0.3 is 0 Å². The van der Waals surface area contributed by atoms with Crippen LogP contribution in [0.2, 0.25) is 0 Å². The van der Waals surface area contributed by atoms with E-state index in [1.165, 1.54) is 12.1 Å². The van der Waals surface area contributed by atoms with E-state index in [2.05, 4.69) is 0 Å². The van der Waals surface area contributed by atoms with Gasteiger partial charge in [-0.15, -0.1) is 0 Å². The van der Waals surface area contributed by atoms with Crippen LogP contribution in [0.5, 0.6) is 0 Å². The minimum Gasteiger partial charge on any atom is -0.303 e. The molecule has 2 aromatic carbocycles. The Bertz CT molecular complexity index is 490. The number of carbonyl (C=O) groups excluding carboxylic acids is 1. The third kappa shape index (κ3) is 3.04. The summed E-state index contributed by atoms with van der Waals surface area (Å²) in [6, 6.07) is 16.5. The van der Waals surface area contributed by atoms with E-state index < -0.39 is 0 Å². The van der Waals surface area contributed by atoms with Gasteiger partial charge in [0.15, 0.2) is 0 Å². The van der Waals surface area contributed by atoms with Gasteiger partial charge in [-0.3, -0.25) is 0 Å². The van der Waals surface area contributed by atoms with Crippen LogP contribution >= 0.6 is 0 Å². The van der Waals surface area contributed by atoms with Crippen molar-refractivity contribution in [2.75, 3.05) is 0 Å². The van der Waals surface area contributed by atoms with Crippen LogP contribution in [-0.2, 0) is 4.79 Å².